The van der Waals surface area contributed by atoms with E-state index in [-0.39, 0.29) is 17.4 Å². The maximum Gasteiger partial charge on any atom is 0.168 e. The quantitative estimate of drug-likeness (QED) is 0.311. The zero-order chi connectivity index (χ0) is 28.2. The fourth-order valence-corrected chi connectivity index (χ4v) is 5.67. The van der Waals surface area contributed by atoms with E-state index >= 15 is 0 Å². The highest BCUT2D eigenvalue weighted by atomic mass is 19.1. The van der Waals surface area contributed by atoms with Gasteiger partial charge in [-0.2, -0.15) is 5.10 Å². The zero-order valence-corrected chi connectivity index (χ0v) is 23.3. The van der Waals surface area contributed by atoms with Crippen LogP contribution in [0.3, 0.4) is 0 Å². The Hall–Kier alpha value is -4.09. The topological polar surface area (TPSA) is 110 Å². The van der Waals surface area contributed by atoms with Gasteiger partial charge >= 0.3 is 0 Å². The number of piperidine rings is 1. The third-order valence-electron chi connectivity index (χ3n) is 7.80. The second-order valence-corrected chi connectivity index (χ2v) is 10.7. The molecule has 6 rings (SSSR count). The first kappa shape index (κ1) is 27.1. The Morgan fingerprint density at radius 3 is 2.76 bits per heavy atom. The summed E-state index contributed by atoms with van der Waals surface area (Å²) in [5.74, 6) is 1.26. The van der Waals surface area contributed by atoms with Crippen molar-refractivity contribution in [2.45, 2.75) is 38.3 Å². The summed E-state index contributed by atoms with van der Waals surface area (Å²) in [5, 5.41) is 7.94. The number of methoxy groups -OCH3 is 1. The highest BCUT2D eigenvalue weighted by molar-refractivity contribution is 5.80. The number of pyridine rings is 1. The summed E-state index contributed by atoms with van der Waals surface area (Å²) < 4.78 is 22.1. The van der Waals surface area contributed by atoms with Crippen molar-refractivity contribution < 1.29 is 9.13 Å². The van der Waals surface area contributed by atoms with Gasteiger partial charge < -0.3 is 25.6 Å². The van der Waals surface area contributed by atoms with Crippen molar-refractivity contribution in [2.24, 2.45) is 5.73 Å². The first-order chi connectivity index (χ1) is 20.1. The van der Waals surface area contributed by atoms with Crippen molar-refractivity contribution in [3.8, 4) is 28.3 Å². The Labute approximate surface area is 239 Å². The second kappa shape index (κ2) is 12.2. The number of hydrogen-bond acceptors (Lipinski definition) is 9. The van der Waals surface area contributed by atoms with E-state index in [2.05, 4.69) is 36.4 Å². The summed E-state index contributed by atoms with van der Waals surface area (Å²) in [4.78, 5) is 18.4. The maximum absolute atomic E-state index is 14.7. The van der Waals surface area contributed by atoms with E-state index in [0.717, 1.165) is 55.8 Å². The Balaban J connectivity index is 1.28. The first-order valence-corrected chi connectivity index (χ1v) is 14.3. The van der Waals surface area contributed by atoms with E-state index in [1.165, 1.54) is 39.1 Å². The average molecular weight is 558 g/mol. The van der Waals surface area contributed by atoms with E-state index in [1.54, 1.807) is 24.4 Å². The van der Waals surface area contributed by atoms with Gasteiger partial charge in [0, 0.05) is 67.1 Å². The number of nitrogens with two attached hydrogens (primary N) is 1. The lowest BCUT2D eigenvalue weighted by molar-refractivity contribution is 0.316. The molecule has 2 aliphatic heterocycles. The number of nitrogens with one attached hydrogen (secondary N) is 1. The SMILES string of the molecule is COc1cccc(F)c1-c1nccc(Nc2cc(N3CCC[C@H](N)C3)c(-c3cnn(CCN4CCCC4)c3)cn2)n1. The summed E-state index contributed by atoms with van der Waals surface area (Å²) in [6.07, 6.45) is 12.1. The molecule has 0 bridgehead atoms. The molecule has 0 amide bonds. The third-order valence-corrected chi connectivity index (χ3v) is 7.80. The molecule has 0 radical (unpaired) electrons. The Bertz CT molecular complexity index is 1490. The van der Waals surface area contributed by atoms with Gasteiger partial charge in [-0.3, -0.25) is 4.68 Å². The van der Waals surface area contributed by atoms with Gasteiger partial charge in [0.15, 0.2) is 5.82 Å². The Kier molecular flexibility index (Phi) is 8.06. The van der Waals surface area contributed by atoms with Crippen molar-refractivity contribution in [3.63, 3.8) is 0 Å². The van der Waals surface area contributed by atoms with Crippen LogP contribution in [0.1, 0.15) is 25.7 Å². The molecule has 2 fully saturated rings. The van der Waals surface area contributed by atoms with Crippen LogP contribution >= 0.6 is 0 Å². The van der Waals surface area contributed by atoms with Crippen LogP contribution in [-0.2, 0) is 6.54 Å². The van der Waals surface area contributed by atoms with Gasteiger partial charge in [-0.1, -0.05) is 6.07 Å². The van der Waals surface area contributed by atoms with Crippen LogP contribution in [0.5, 0.6) is 5.75 Å². The van der Waals surface area contributed by atoms with Crippen LogP contribution in [0.15, 0.2) is 55.1 Å². The van der Waals surface area contributed by atoms with Crippen LogP contribution < -0.4 is 20.7 Å². The maximum atomic E-state index is 14.7. The largest absolute Gasteiger partial charge is 0.496 e. The number of benzene rings is 1. The molecule has 10 nitrogen and oxygen atoms in total. The van der Waals surface area contributed by atoms with Crippen molar-refractivity contribution in [3.05, 3.63) is 60.9 Å². The van der Waals surface area contributed by atoms with Crippen molar-refractivity contribution >= 4 is 17.3 Å². The smallest absolute Gasteiger partial charge is 0.168 e. The van der Waals surface area contributed by atoms with Gasteiger partial charge in [-0.25, -0.2) is 19.3 Å². The summed E-state index contributed by atoms with van der Waals surface area (Å²) in [5.41, 5.74) is 9.66. The van der Waals surface area contributed by atoms with E-state index in [9.17, 15) is 4.39 Å². The van der Waals surface area contributed by atoms with Gasteiger partial charge in [0.05, 0.1) is 25.4 Å². The summed E-state index contributed by atoms with van der Waals surface area (Å²) in [6, 6.07) is 8.52. The Morgan fingerprint density at radius 2 is 1.93 bits per heavy atom. The molecule has 3 aromatic heterocycles. The van der Waals surface area contributed by atoms with E-state index in [0.29, 0.717) is 17.4 Å². The minimum atomic E-state index is -0.450. The molecule has 1 atom stereocenters. The van der Waals surface area contributed by atoms with Gasteiger partial charge in [-0.15, -0.1) is 0 Å². The number of halogens is 1. The van der Waals surface area contributed by atoms with Gasteiger partial charge in [0.25, 0.3) is 0 Å². The number of likely N-dealkylation sites (tertiary alicyclic amines) is 1. The molecule has 2 saturated heterocycles. The van der Waals surface area contributed by atoms with Crippen molar-refractivity contribution in [1.82, 2.24) is 29.6 Å². The lowest BCUT2D eigenvalue weighted by Gasteiger charge is -2.34. The molecule has 0 unspecified atom stereocenters. The van der Waals surface area contributed by atoms with Gasteiger partial charge in [0.2, 0.25) is 0 Å². The van der Waals surface area contributed by atoms with Crippen LogP contribution in [0.2, 0.25) is 0 Å². The molecule has 3 N–H and O–H groups in total. The molecule has 4 aromatic rings. The standard InChI is InChI=1S/C30H36FN9O/c1-41-26-8-4-7-24(31)29(26)30-33-10-9-27(37-30)36-28-16-25(39-13-5-6-22(32)20-39)23(18-34-28)21-17-35-40(19-21)15-14-38-11-2-3-12-38/h4,7-10,16-19,22H,2-3,5-6,11-15,20,32H2,1H3,(H,33,34,36,37)/t22-/m0/s1. The summed E-state index contributed by atoms with van der Waals surface area (Å²) in [6.45, 7) is 5.90. The van der Waals surface area contributed by atoms with Crippen molar-refractivity contribution in [1.29, 1.82) is 0 Å². The normalized spacial score (nSPS) is 17.6. The van der Waals surface area contributed by atoms with E-state index in [1.807, 2.05) is 23.1 Å². The summed E-state index contributed by atoms with van der Waals surface area (Å²) in [7, 11) is 1.50. The number of anilines is 3. The molecule has 41 heavy (non-hydrogen) atoms. The number of aromatic nitrogens is 5. The summed E-state index contributed by atoms with van der Waals surface area (Å²) >= 11 is 0. The minimum absolute atomic E-state index is 0.115. The van der Waals surface area contributed by atoms with E-state index < -0.39 is 5.82 Å². The fourth-order valence-electron chi connectivity index (χ4n) is 5.67. The lowest BCUT2D eigenvalue weighted by atomic mass is 10.0. The predicted molar refractivity (Wildman–Crippen MR) is 158 cm³/mol. The van der Waals surface area contributed by atoms with Gasteiger partial charge in [0.1, 0.15) is 23.2 Å². The molecular formula is C30H36FN9O. The lowest BCUT2D eigenvalue weighted by Crippen LogP contribution is -2.43. The molecule has 0 saturated carbocycles. The van der Waals surface area contributed by atoms with Crippen molar-refractivity contribution in [2.75, 3.05) is 50.1 Å². The highest BCUT2D eigenvalue weighted by Crippen LogP contribution is 2.35. The number of hydrogen-bond donors (Lipinski definition) is 2. The van der Waals surface area contributed by atoms with Crippen LogP contribution in [0.25, 0.3) is 22.5 Å². The molecular weight excluding hydrogens is 521 g/mol. The zero-order valence-electron chi connectivity index (χ0n) is 23.3. The van der Waals surface area contributed by atoms with Crippen LogP contribution in [0.4, 0.5) is 21.7 Å². The van der Waals surface area contributed by atoms with Crippen LogP contribution in [-0.4, -0.2) is 75.5 Å². The monoisotopic (exact) mass is 557 g/mol. The molecule has 5 heterocycles. The molecule has 2 aliphatic rings. The number of ether oxygens (including phenoxy) is 1. The molecule has 0 aliphatic carbocycles. The number of rotatable bonds is 9. The molecule has 214 valence electrons. The molecule has 11 heteroatoms. The predicted octanol–water partition coefficient (Wildman–Crippen LogP) is 4.32. The molecule has 0 spiro atoms. The fraction of sp³-hybridized carbons (Fsp3) is 0.400. The average Bonchev–Trinajstić information content (AvgIpc) is 3.69. The molecule has 1 aromatic carbocycles. The van der Waals surface area contributed by atoms with E-state index in [4.69, 9.17) is 15.5 Å². The van der Waals surface area contributed by atoms with Gasteiger partial charge in [-0.05, 0) is 57.0 Å². The third kappa shape index (κ3) is 6.15. The second-order valence-electron chi connectivity index (χ2n) is 10.7. The number of nitrogens with zero attached hydrogens (tertiary/aromatic N) is 7. The Morgan fingerprint density at radius 1 is 1.05 bits per heavy atom. The highest BCUT2D eigenvalue weighted by Gasteiger charge is 2.22. The minimum Gasteiger partial charge on any atom is -0.496 e. The first-order valence-electron chi connectivity index (χ1n) is 14.3. The van der Waals surface area contributed by atoms with Crippen LogP contribution in [0, 0.1) is 5.82 Å².